The molecule has 0 spiro atoms. The number of aromatic nitrogens is 4. The van der Waals surface area contributed by atoms with Gasteiger partial charge in [0.25, 0.3) is 0 Å². The van der Waals surface area contributed by atoms with Crippen LogP contribution in [0.5, 0.6) is 0 Å². The SMILES string of the molecule is CC1CN(C)c2ccccc2CN1C(=O)NCc1nnnn1C1CC1. The van der Waals surface area contributed by atoms with Crippen molar-refractivity contribution in [2.45, 2.75) is 44.9 Å². The largest absolute Gasteiger partial charge is 0.372 e. The van der Waals surface area contributed by atoms with E-state index in [9.17, 15) is 4.79 Å². The molecule has 1 atom stereocenters. The van der Waals surface area contributed by atoms with Crippen molar-refractivity contribution < 1.29 is 4.79 Å². The van der Waals surface area contributed by atoms with Crippen LogP contribution in [0.25, 0.3) is 0 Å². The second-order valence-corrected chi connectivity index (χ2v) is 6.92. The fourth-order valence-corrected chi connectivity index (χ4v) is 3.41. The van der Waals surface area contributed by atoms with E-state index in [2.05, 4.69) is 51.8 Å². The topological polar surface area (TPSA) is 79.2 Å². The van der Waals surface area contributed by atoms with Gasteiger partial charge in [0.1, 0.15) is 0 Å². The number of tetrazole rings is 1. The smallest absolute Gasteiger partial charge is 0.318 e. The maximum absolute atomic E-state index is 12.8. The van der Waals surface area contributed by atoms with Crippen LogP contribution in [0.3, 0.4) is 0 Å². The Kier molecular flexibility index (Phi) is 4.03. The minimum atomic E-state index is -0.0806. The maximum Gasteiger partial charge on any atom is 0.318 e. The number of hydrogen-bond donors (Lipinski definition) is 1. The van der Waals surface area contributed by atoms with E-state index in [-0.39, 0.29) is 12.1 Å². The number of para-hydroxylation sites is 1. The second kappa shape index (κ2) is 6.34. The number of amides is 2. The zero-order chi connectivity index (χ0) is 17.4. The van der Waals surface area contributed by atoms with Crippen molar-refractivity contribution in [1.29, 1.82) is 0 Å². The summed E-state index contributed by atoms with van der Waals surface area (Å²) in [5, 5.41) is 14.8. The molecule has 0 radical (unpaired) electrons. The molecule has 132 valence electrons. The molecular formula is C17H23N7O. The average molecular weight is 341 g/mol. The van der Waals surface area contributed by atoms with E-state index in [0.29, 0.717) is 19.1 Å². The highest BCUT2D eigenvalue weighted by Crippen LogP contribution is 2.34. The highest BCUT2D eigenvalue weighted by molar-refractivity contribution is 5.75. The summed E-state index contributed by atoms with van der Waals surface area (Å²) in [6.45, 7) is 3.82. The first kappa shape index (κ1) is 15.9. The van der Waals surface area contributed by atoms with Gasteiger partial charge in [-0.15, -0.1) is 5.10 Å². The van der Waals surface area contributed by atoms with Crippen LogP contribution >= 0.6 is 0 Å². The first-order chi connectivity index (χ1) is 12.1. The second-order valence-electron chi connectivity index (χ2n) is 6.92. The normalized spacial score (nSPS) is 20.2. The summed E-state index contributed by atoms with van der Waals surface area (Å²) < 4.78 is 1.83. The maximum atomic E-state index is 12.8. The highest BCUT2D eigenvalue weighted by atomic mass is 16.2. The van der Waals surface area contributed by atoms with Crippen LogP contribution in [0.4, 0.5) is 10.5 Å². The predicted octanol–water partition coefficient (Wildman–Crippen LogP) is 1.56. The van der Waals surface area contributed by atoms with Crippen molar-refractivity contribution in [3.63, 3.8) is 0 Å². The molecule has 1 unspecified atom stereocenters. The summed E-state index contributed by atoms with van der Waals surface area (Å²) in [6.07, 6.45) is 2.22. The number of carbonyl (C=O) groups excluding carboxylic acids is 1. The number of nitrogens with zero attached hydrogens (tertiary/aromatic N) is 6. The standard InChI is InChI=1S/C17H23N7O/c1-12-10-22(2)15-6-4-3-5-13(15)11-23(12)17(25)18-9-16-19-20-21-24(16)14-7-8-14/h3-6,12,14H,7-11H2,1-2H3,(H,18,25). The van der Waals surface area contributed by atoms with E-state index < -0.39 is 0 Å². The molecule has 4 rings (SSSR count). The van der Waals surface area contributed by atoms with Gasteiger partial charge in [-0.1, -0.05) is 18.2 Å². The number of hydrogen-bond acceptors (Lipinski definition) is 5. The third-order valence-corrected chi connectivity index (χ3v) is 4.93. The Morgan fingerprint density at radius 3 is 2.92 bits per heavy atom. The van der Waals surface area contributed by atoms with Gasteiger partial charge in [-0.25, -0.2) is 9.48 Å². The number of rotatable bonds is 3. The summed E-state index contributed by atoms with van der Waals surface area (Å²) >= 11 is 0. The average Bonchev–Trinajstić information content (AvgIpc) is 3.37. The van der Waals surface area contributed by atoms with Gasteiger partial charge in [0.05, 0.1) is 12.6 Å². The van der Waals surface area contributed by atoms with Gasteiger partial charge >= 0.3 is 6.03 Å². The molecule has 8 heteroatoms. The van der Waals surface area contributed by atoms with Crippen molar-refractivity contribution >= 4 is 11.7 Å². The number of anilines is 1. The molecule has 1 fully saturated rings. The molecule has 1 saturated carbocycles. The van der Waals surface area contributed by atoms with Crippen LogP contribution in [-0.4, -0.2) is 50.8 Å². The van der Waals surface area contributed by atoms with Gasteiger partial charge in [-0.3, -0.25) is 0 Å². The molecule has 1 aromatic carbocycles. The van der Waals surface area contributed by atoms with Crippen molar-refractivity contribution in [3.8, 4) is 0 Å². The quantitative estimate of drug-likeness (QED) is 0.916. The van der Waals surface area contributed by atoms with E-state index in [1.54, 1.807) is 0 Å². The van der Waals surface area contributed by atoms with Crippen LogP contribution in [0.15, 0.2) is 24.3 Å². The van der Waals surface area contributed by atoms with Crippen LogP contribution in [0.1, 0.15) is 37.2 Å². The summed E-state index contributed by atoms with van der Waals surface area (Å²) in [5.41, 5.74) is 2.34. The summed E-state index contributed by atoms with van der Waals surface area (Å²) in [4.78, 5) is 16.9. The number of likely N-dealkylation sites (N-methyl/N-ethyl adjacent to an activating group) is 1. The summed E-state index contributed by atoms with van der Waals surface area (Å²) in [6, 6.07) is 8.67. The minimum Gasteiger partial charge on any atom is -0.372 e. The first-order valence-electron chi connectivity index (χ1n) is 8.73. The Bertz CT molecular complexity index is 770. The van der Waals surface area contributed by atoms with Gasteiger partial charge in [0.2, 0.25) is 0 Å². The molecule has 2 aliphatic rings. The monoisotopic (exact) mass is 341 g/mol. The Morgan fingerprint density at radius 1 is 1.32 bits per heavy atom. The molecular weight excluding hydrogens is 318 g/mol. The van der Waals surface area contributed by atoms with Crippen LogP contribution in [-0.2, 0) is 13.1 Å². The van der Waals surface area contributed by atoms with Gasteiger partial charge < -0.3 is 15.1 Å². The Labute approximate surface area is 146 Å². The molecule has 1 N–H and O–H groups in total. The molecule has 2 aromatic rings. The zero-order valence-electron chi connectivity index (χ0n) is 14.6. The Balaban J connectivity index is 1.46. The summed E-state index contributed by atoms with van der Waals surface area (Å²) in [5.74, 6) is 0.718. The molecule has 0 saturated heterocycles. The van der Waals surface area contributed by atoms with E-state index in [0.717, 1.165) is 30.8 Å². The van der Waals surface area contributed by atoms with Gasteiger partial charge in [0.15, 0.2) is 5.82 Å². The lowest BCUT2D eigenvalue weighted by atomic mass is 10.1. The number of nitrogens with one attached hydrogen (secondary N) is 1. The molecule has 0 bridgehead atoms. The fourth-order valence-electron chi connectivity index (χ4n) is 3.41. The van der Waals surface area contributed by atoms with E-state index >= 15 is 0 Å². The predicted molar refractivity (Wildman–Crippen MR) is 93.0 cm³/mol. The molecule has 8 nitrogen and oxygen atoms in total. The number of urea groups is 1. The van der Waals surface area contributed by atoms with Crippen molar-refractivity contribution in [2.75, 3.05) is 18.5 Å². The molecule has 2 heterocycles. The first-order valence-corrected chi connectivity index (χ1v) is 8.73. The lowest BCUT2D eigenvalue weighted by molar-refractivity contribution is 0.177. The Hall–Kier alpha value is -2.64. The molecule has 1 aliphatic heterocycles. The third kappa shape index (κ3) is 3.16. The van der Waals surface area contributed by atoms with Crippen molar-refractivity contribution in [1.82, 2.24) is 30.4 Å². The minimum absolute atomic E-state index is 0.0806. The van der Waals surface area contributed by atoms with Crippen LogP contribution in [0.2, 0.25) is 0 Å². The molecule has 2 amide bonds. The van der Waals surface area contributed by atoms with Gasteiger partial charge in [0, 0.05) is 31.9 Å². The number of carbonyl (C=O) groups is 1. The molecule has 25 heavy (non-hydrogen) atoms. The lowest BCUT2D eigenvalue weighted by Crippen LogP contribution is -2.46. The highest BCUT2D eigenvalue weighted by Gasteiger charge is 2.29. The Morgan fingerprint density at radius 2 is 2.12 bits per heavy atom. The fraction of sp³-hybridized carbons (Fsp3) is 0.529. The molecule has 1 aromatic heterocycles. The summed E-state index contributed by atoms with van der Waals surface area (Å²) in [7, 11) is 2.07. The third-order valence-electron chi connectivity index (χ3n) is 4.93. The van der Waals surface area contributed by atoms with Gasteiger partial charge in [-0.2, -0.15) is 0 Å². The zero-order valence-corrected chi connectivity index (χ0v) is 14.6. The van der Waals surface area contributed by atoms with E-state index in [1.165, 1.54) is 5.69 Å². The number of benzene rings is 1. The van der Waals surface area contributed by atoms with Crippen LogP contribution < -0.4 is 10.2 Å². The van der Waals surface area contributed by atoms with E-state index in [1.807, 2.05) is 21.7 Å². The van der Waals surface area contributed by atoms with Crippen molar-refractivity contribution in [2.24, 2.45) is 0 Å². The van der Waals surface area contributed by atoms with Gasteiger partial charge in [-0.05, 0) is 41.8 Å². The number of fused-ring (bicyclic) bond motifs is 1. The van der Waals surface area contributed by atoms with Crippen LogP contribution in [0, 0.1) is 0 Å². The van der Waals surface area contributed by atoms with E-state index in [4.69, 9.17) is 0 Å². The lowest BCUT2D eigenvalue weighted by Gasteiger charge is -2.28. The van der Waals surface area contributed by atoms with Crippen molar-refractivity contribution in [3.05, 3.63) is 35.7 Å². The molecule has 1 aliphatic carbocycles.